The van der Waals surface area contributed by atoms with Crippen molar-refractivity contribution in [1.29, 1.82) is 0 Å². The van der Waals surface area contributed by atoms with Crippen LogP contribution in [0.15, 0.2) is 24.5 Å². The normalized spacial score (nSPS) is 18.0. The lowest BCUT2D eigenvalue weighted by atomic mass is 10.0. The third kappa shape index (κ3) is 3.20. The van der Waals surface area contributed by atoms with Gasteiger partial charge in [-0.1, -0.05) is 11.6 Å². The van der Waals surface area contributed by atoms with Crippen LogP contribution in [0.1, 0.15) is 34.1 Å². The highest BCUT2D eigenvalue weighted by molar-refractivity contribution is 6.31. The molecule has 0 saturated carbocycles. The van der Waals surface area contributed by atoms with Crippen LogP contribution in [0.2, 0.25) is 5.02 Å². The Morgan fingerprint density at radius 1 is 1.35 bits per heavy atom. The molecule has 1 atom stereocenters. The lowest BCUT2D eigenvalue weighted by Gasteiger charge is -2.19. The highest BCUT2D eigenvalue weighted by Crippen LogP contribution is 2.39. The Hall–Kier alpha value is -2.01. The second-order valence-electron chi connectivity index (χ2n) is 7.02. The third-order valence-corrected chi connectivity index (χ3v) is 4.06. The molecule has 0 radical (unpaired) electrons. The molecule has 0 bridgehead atoms. The zero-order valence-corrected chi connectivity index (χ0v) is 14.5. The van der Waals surface area contributed by atoms with E-state index >= 15 is 0 Å². The molecule has 122 valence electrons. The molecule has 0 unspecified atom stereocenters. The van der Waals surface area contributed by atoms with E-state index in [1.165, 1.54) is 0 Å². The quantitative estimate of drug-likeness (QED) is 0.826. The highest BCUT2D eigenvalue weighted by atomic mass is 35.5. The lowest BCUT2D eigenvalue weighted by Crippen LogP contribution is -2.21. The summed E-state index contributed by atoms with van der Waals surface area (Å²) >= 11 is 6.26. The zero-order valence-electron chi connectivity index (χ0n) is 13.8. The van der Waals surface area contributed by atoms with E-state index < -0.39 is 0 Å². The maximum Gasteiger partial charge on any atom is 0.226 e. The number of anilines is 2. The molecule has 2 N–H and O–H groups in total. The maximum absolute atomic E-state index is 11.9. The highest BCUT2D eigenvalue weighted by Gasteiger charge is 2.23. The first-order valence-electron chi connectivity index (χ1n) is 7.69. The fourth-order valence-corrected chi connectivity index (χ4v) is 2.91. The number of halogens is 1. The van der Waals surface area contributed by atoms with Crippen LogP contribution in [-0.2, 0) is 10.3 Å². The first-order chi connectivity index (χ1) is 10.7. The van der Waals surface area contributed by atoms with Gasteiger partial charge in [-0.2, -0.15) is 5.10 Å². The molecule has 1 aliphatic heterocycles. The lowest BCUT2D eigenvalue weighted by molar-refractivity contribution is -0.116. The van der Waals surface area contributed by atoms with Crippen LogP contribution in [-0.4, -0.2) is 21.7 Å². The van der Waals surface area contributed by atoms with Gasteiger partial charge in [0, 0.05) is 34.8 Å². The summed E-state index contributed by atoms with van der Waals surface area (Å²) in [4.78, 5) is 11.9. The number of carbonyl (C=O) groups is 1. The predicted molar refractivity (Wildman–Crippen MR) is 94.0 cm³/mol. The van der Waals surface area contributed by atoms with Gasteiger partial charge in [0.05, 0.1) is 23.1 Å². The van der Waals surface area contributed by atoms with Crippen LogP contribution in [0.25, 0.3) is 11.1 Å². The van der Waals surface area contributed by atoms with Crippen molar-refractivity contribution in [1.82, 2.24) is 9.78 Å². The Morgan fingerprint density at radius 2 is 2.09 bits per heavy atom. The Balaban J connectivity index is 2.13. The fraction of sp³-hybridized carbons (Fsp3) is 0.412. The van der Waals surface area contributed by atoms with Gasteiger partial charge >= 0.3 is 0 Å². The van der Waals surface area contributed by atoms with Crippen molar-refractivity contribution in [2.75, 3.05) is 10.6 Å². The van der Waals surface area contributed by atoms with Crippen molar-refractivity contribution in [2.24, 2.45) is 0 Å². The predicted octanol–water partition coefficient (Wildman–Crippen LogP) is 4.10. The van der Waals surface area contributed by atoms with Gasteiger partial charge in [0.1, 0.15) is 0 Å². The van der Waals surface area contributed by atoms with E-state index in [4.69, 9.17) is 11.6 Å². The minimum Gasteiger partial charge on any atom is -0.380 e. The summed E-state index contributed by atoms with van der Waals surface area (Å²) in [5, 5.41) is 11.4. The van der Waals surface area contributed by atoms with Gasteiger partial charge in [0.2, 0.25) is 5.91 Å². The van der Waals surface area contributed by atoms with Crippen LogP contribution in [0.5, 0.6) is 0 Å². The molecule has 0 fully saturated rings. The number of hydrogen-bond acceptors (Lipinski definition) is 3. The van der Waals surface area contributed by atoms with Gasteiger partial charge in [-0.25, -0.2) is 0 Å². The van der Waals surface area contributed by atoms with Crippen LogP contribution in [0.3, 0.4) is 0 Å². The number of carbonyl (C=O) groups excluding carboxylic acids is 1. The van der Waals surface area contributed by atoms with E-state index in [-0.39, 0.29) is 17.5 Å². The number of nitrogens with one attached hydrogen (secondary N) is 2. The van der Waals surface area contributed by atoms with Crippen LogP contribution in [0, 0.1) is 0 Å². The first-order valence-corrected chi connectivity index (χ1v) is 8.07. The minimum atomic E-state index is -0.0945. The third-order valence-electron chi connectivity index (χ3n) is 3.84. The monoisotopic (exact) mass is 332 g/mol. The SMILES string of the molecule is C[C@@H]1CC(=O)Nc2cc(Cl)cc(-c3cnn(C(C)(C)C)c3)c2N1. The number of amides is 1. The van der Waals surface area contributed by atoms with Crippen molar-refractivity contribution in [3.63, 3.8) is 0 Å². The summed E-state index contributed by atoms with van der Waals surface area (Å²) in [7, 11) is 0. The van der Waals surface area contributed by atoms with Gasteiger partial charge in [-0.05, 0) is 39.8 Å². The van der Waals surface area contributed by atoms with Crippen molar-refractivity contribution >= 4 is 28.9 Å². The van der Waals surface area contributed by atoms with Crippen molar-refractivity contribution in [3.8, 4) is 11.1 Å². The Morgan fingerprint density at radius 3 is 2.74 bits per heavy atom. The van der Waals surface area contributed by atoms with E-state index in [0.717, 1.165) is 16.8 Å². The molecule has 2 aromatic rings. The summed E-state index contributed by atoms with van der Waals surface area (Å²) < 4.78 is 1.92. The number of hydrogen-bond donors (Lipinski definition) is 2. The van der Waals surface area contributed by atoms with Crippen LogP contribution in [0.4, 0.5) is 11.4 Å². The number of rotatable bonds is 1. The fourth-order valence-electron chi connectivity index (χ4n) is 2.69. The average molecular weight is 333 g/mol. The molecule has 5 nitrogen and oxygen atoms in total. The average Bonchev–Trinajstić information content (AvgIpc) is 2.85. The summed E-state index contributed by atoms with van der Waals surface area (Å²) in [6.45, 7) is 8.29. The zero-order chi connectivity index (χ0) is 16.8. The molecular formula is C17H21ClN4O. The molecule has 2 heterocycles. The van der Waals surface area contributed by atoms with Gasteiger partial charge in [-0.3, -0.25) is 9.48 Å². The Bertz CT molecular complexity index is 760. The van der Waals surface area contributed by atoms with Crippen molar-refractivity contribution < 1.29 is 4.79 Å². The number of fused-ring (bicyclic) bond motifs is 1. The first kappa shape index (κ1) is 15.9. The van der Waals surface area contributed by atoms with Crippen molar-refractivity contribution in [3.05, 3.63) is 29.5 Å². The second-order valence-corrected chi connectivity index (χ2v) is 7.45. The molecule has 1 aromatic carbocycles. The summed E-state index contributed by atoms with van der Waals surface area (Å²) in [5.74, 6) is -0.0117. The number of aromatic nitrogens is 2. The summed E-state index contributed by atoms with van der Waals surface area (Å²) in [6, 6.07) is 3.73. The molecular weight excluding hydrogens is 312 g/mol. The van der Waals surface area contributed by atoms with Crippen molar-refractivity contribution in [2.45, 2.75) is 45.7 Å². The largest absolute Gasteiger partial charge is 0.380 e. The molecule has 0 saturated heterocycles. The van der Waals surface area contributed by atoms with Crippen LogP contribution < -0.4 is 10.6 Å². The van der Waals surface area contributed by atoms with Gasteiger partial charge in [0.25, 0.3) is 0 Å². The van der Waals surface area contributed by atoms with Gasteiger partial charge in [0.15, 0.2) is 0 Å². The molecule has 0 aliphatic carbocycles. The van der Waals surface area contributed by atoms with E-state index in [1.54, 1.807) is 6.07 Å². The molecule has 1 aromatic heterocycles. The molecule has 3 rings (SSSR count). The number of benzene rings is 1. The molecule has 1 amide bonds. The molecule has 0 spiro atoms. The summed E-state index contributed by atoms with van der Waals surface area (Å²) in [5.41, 5.74) is 3.42. The summed E-state index contributed by atoms with van der Waals surface area (Å²) in [6.07, 6.45) is 4.26. The Labute approximate surface area is 141 Å². The van der Waals surface area contributed by atoms with Gasteiger partial charge in [-0.15, -0.1) is 0 Å². The number of nitrogens with zero attached hydrogens (tertiary/aromatic N) is 2. The molecule has 23 heavy (non-hydrogen) atoms. The van der Waals surface area contributed by atoms with E-state index in [1.807, 2.05) is 30.1 Å². The minimum absolute atomic E-state index is 0.0117. The van der Waals surface area contributed by atoms with E-state index in [9.17, 15) is 4.79 Å². The smallest absolute Gasteiger partial charge is 0.226 e. The topological polar surface area (TPSA) is 59.0 Å². The van der Waals surface area contributed by atoms with Gasteiger partial charge < -0.3 is 10.6 Å². The van der Waals surface area contributed by atoms with E-state index in [2.05, 4.69) is 36.5 Å². The molecule has 6 heteroatoms. The second kappa shape index (κ2) is 5.57. The van der Waals surface area contributed by atoms with Crippen LogP contribution >= 0.6 is 11.6 Å². The standard InChI is InChI=1S/C17H21ClN4O/c1-10-5-15(23)21-14-7-12(18)6-13(16(14)20-10)11-8-19-22(9-11)17(2,3)4/h6-10,20H,5H2,1-4H3,(H,21,23)/t10-/m1/s1. The molecule has 1 aliphatic rings. The van der Waals surface area contributed by atoms with E-state index in [0.29, 0.717) is 17.1 Å². The Kier molecular flexibility index (Phi) is 3.84. The maximum atomic E-state index is 11.9.